The van der Waals surface area contributed by atoms with Gasteiger partial charge in [0.2, 0.25) is 5.91 Å². The van der Waals surface area contributed by atoms with Gasteiger partial charge >= 0.3 is 0 Å². The van der Waals surface area contributed by atoms with E-state index in [1.54, 1.807) is 31.4 Å². The molecule has 0 aliphatic heterocycles. The van der Waals surface area contributed by atoms with Crippen molar-refractivity contribution in [1.29, 1.82) is 0 Å². The van der Waals surface area contributed by atoms with Gasteiger partial charge in [0, 0.05) is 12.1 Å². The van der Waals surface area contributed by atoms with Crippen molar-refractivity contribution < 1.29 is 19.1 Å². The maximum atomic E-state index is 12.7. The quantitative estimate of drug-likeness (QED) is 0.173. The number of carbonyl (C=O) groups is 3. The summed E-state index contributed by atoms with van der Waals surface area (Å²) in [7, 11) is 1.54. The highest BCUT2D eigenvalue weighted by Crippen LogP contribution is 2.12. The first-order valence-electron chi connectivity index (χ1n) is 9.52. The van der Waals surface area contributed by atoms with Crippen molar-refractivity contribution in [2.24, 2.45) is 22.4 Å². The van der Waals surface area contributed by atoms with Crippen LogP contribution >= 0.6 is 0 Å². The van der Waals surface area contributed by atoms with Gasteiger partial charge in [0.1, 0.15) is 18.1 Å². The van der Waals surface area contributed by atoms with Gasteiger partial charge in [0.15, 0.2) is 5.96 Å². The molecule has 0 spiro atoms. The van der Waals surface area contributed by atoms with Crippen LogP contribution in [0.15, 0.2) is 29.3 Å². The molecule has 160 valence electrons. The summed E-state index contributed by atoms with van der Waals surface area (Å²) in [5.41, 5.74) is 10.9. The van der Waals surface area contributed by atoms with Gasteiger partial charge < -0.3 is 31.6 Å². The number of guanidine groups is 1. The van der Waals surface area contributed by atoms with Crippen LogP contribution in [0.5, 0.6) is 5.75 Å². The number of ether oxygens (including phenoxy) is 1. The Kier molecular flexibility index (Phi) is 10.2. The molecule has 2 amide bonds. The molecule has 0 aromatic heterocycles. The van der Waals surface area contributed by atoms with E-state index in [9.17, 15) is 14.4 Å². The monoisotopic (exact) mass is 405 g/mol. The van der Waals surface area contributed by atoms with E-state index in [0.717, 1.165) is 0 Å². The second-order valence-electron chi connectivity index (χ2n) is 7.08. The van der Waals surface area contributed by atoms with E-state index in [4.69, 9.17) is 16.2 Å². The highest BCUT2D eigenvalue weighted by atomic mass is 16.5. The predicted molar refractivity (Wildman–Crippen MR) is 112 cm³/mol. The lowest BCUT2D eigenvalue weighted by Gasteiger charge is -2.22. The maximum Gasteiger partial charge on any atom is 0.251 e. The first kappa shape index (κ1) is 23.9. The minimum atomic E-state index is -0.759. The zero-order chi connectivity index (χ0) is 21.8. The van der Waals surface area contributed by atoms with E-state index in [0.29, 0.717) is 43.4 Å². The van der Waals surface area contributed by atoms with Gasteiger partial charge in [0.25, 0.3) is 5.91 Å². The lowest BCUT2D eigenvalue weighted by Crippen LogP contribution is -2.50. The number of hydrogen-bond donors (Lipinski definition) is 4. The molecule has 0 aliphatic rings. The van der Waals surface area contributed by atoms with Crippen LogP contribution < -0.4 is 26.8 Å². The molecule has 0 aliphatic carbocycles. The molecule has 0 saturated heterocycles. The highest BCUT2D eigenvalue weighted by molar-refractivity contribution is 5.97. The molecule has 1 aromatic carbocycles. The molecule has 6 N–H and O–H groups in total. The molecule has 9 heteroatoms. The number of nitrogens with zero attached hydrogens (tertiary/aromatic N) is 1. The Labute approximate surface area is 171 Å². The van der Waals surface area contributed by atoms with E-state index < -0.39 is 18.0 Å². The van der Waals surface area contributed by atoms with Gasteiger partial charge in [-0.2, -0.15) is 0 Å². The van der Waals surface area contributed by atoms with Crippen LogP contribution in [0.3, 0.4) is 0 Å². The summed E-state index contributed by atoms with van der Waals surface area (Å²) in [6, 6.07) is 5.15. The summed E-state index contributed by atoms with van der Waals surface area (Å²) >= 11 is 0. The van der Waals surface area contributed by atoms with E-state index in [1.807, 2.05) is 13.8 Å². The van der Waals surface area contributed by atoms with E-state index in [-0.39, 0.29) is 17.8 Å². The molecule has 9 nitrogen and oxygen atoms in total. The molecule has 29 heavy (non-hydrogen) atoms. The molecule has 2 atom stereocenters. The Morgan fingerprint density at radius 2 is 1.83 bits per heavy atom. The summed E-state index contributed by atoms with van der Waals surface area (Å²) in [6.07, 6.45) is 2.04. The number of benzene rings is 1. The minimum absolute atomic E-state index is 0.0186. The maximum absolute atomic E-state index is 12.7. The number of rotatable bonds is 12. The predicted octanol–water partition coefficient (Wildman–Crippen LogP) is 0.577. The largest absolute Gasteiger partial charge is 0.497 e. The lowest BCUT2D eigenvalue weighted by atomic mass is 10.0. The van der Waals surface area contributed by atoms with Gasteiger partial charge in [-0.05, 0) is 49.4 Å². The minimum Gasteiger partial charge on any atom is -0.497 e. The lowest BCUT2D eigenvalue weighted by molar-refractivity contribution is -0.126. The molecule has 1 rings (SSSR count). The van der Waals surface area contributed by atoms with Crippen LogP contribution in [0.4, 0.5) is 0 Å². The fraction of sp³-hybridized carbons (Fsp3) is 0.500. The molecular formula is C20H31N5O4. The topological polar surface area (TPSA) is 149 Å². The number of carbonyl (C=O) groups excluding carboxylic acids is 3. The van der Waals surface area contributed by atoms with Crippen LogP contribution in [0.1, 0.15) is 43.5 Å². The van der Waals surface area contributed by atoms with Gasteiger partial charge in [-0.25, -0.2) is 0 Å². The molecule has 0 heterocycles. The van der Waals surface area contributed by atoms with Crippen LogP contribution in [0, 0.1) is 5.92 Å². The highest BCUT2D eigenvalue weighted by Gasteiger charge is 2.24. The molecule has 0 radical (unpaired) electrons. The molecule has 0 fully saturated rings. The average molecular weight is 405 g/mol. The Morgan fingerprint density at radius 3 is 2.34 bits per heavy atom. The summed E-state index contributed by atoms with van der Waals surface area (Å²) in [6.45, 7) is 4.27. The Balaban J connectivity index is 2.73. The number of amides is 2. The van der Waals surface area contributed by atoms with Crippen molar-refractivity contribution in [3.8, 4) is 5.75 Å². The van der Waals surface area contributed by atoms with Gasteiger partial charge in [-0.15, -0.1) is 0 Å². The zero-order valence-corrected chi connectivity index (χ0v) is 17.2. The Hall–Kier alpha value is -3.10. The molecule has 1 aromatic rings. The molecule has 0 unspecified atom stereocenters. The fourth-order valence-corrected chi connectivity index (χ4v) is 2.66. The number of aldehydes is 1. The van der Waals surface area contributed by atoms with Crippen molar-refractivity contribution >= 4 is 24.1 Å². The summed E-state index contributed by atoms with van der Waals surface area (Å²) < 4.78 is 5.08. The first-order valence-corrected chi connectivity index (χ1v) is 9.52. The van der Waals surface area contributed by atoms with Gasteiger partial charge in [-0.1, -0.05) is 13.8 Å². The molecular weight excluding hydrogens is 374 g/mol. The van der Waals surface area contributed by atoms with Crippen LogP contribution in [-0.2, 0) is 9.59 Å². The Morgan fingerprint density at radius 1 is 1.17 bits per heavy atom. The van der Waals surface area contributed by atoms with Crippen LogP contribution in [-0.4, -0.2) is 49.8 Å². The average Bonchev–Trinajstić information content (AvgIpc) is 2.69. The van der Waals surface area contributed by atoms with Crippen LogP contribution in [0.2, 0.25) is 0 Å². The number of methoxy groups -OCH3 is 1. The zero-order valence-electron chi connectivity index (χ0n) is 17.2. The van der Waals surface area contributed by atoms with Crippen molar-refractivity contribution in [3.63, 3.8) is 0 Å². The second-order valence-corrected chi connectivity index (χ2v) is 7.08. The summed E-state index contributed by atoms with van der Waals surface area (Å²) in [5, 5.41) is 5.43. The van der Waals surface area contributed by atoms with E-state index in [1.165, 1.54) is 0 Å². The van der Waals surface area contributed by atoms with Gasteiger partial charge in [-0.3, -0.25) is 14.6 Å². The number of aliphatic imine (C=N–C) groups is 1. The van der Waals surface area contributed by atoms with E-state index in [2.05, 4.69) is 15.6 Å². The van der Waals surface area contributed by atoms with Crippen molar-refractivity contribution in [2.75, 3.05) is 13.7 Å². The normalized spacial score (nSPS) is 12.6. The van der Waals surface area contributed by atoms with Crippen LogP contribution in [0.25, 0.3) is 0 Å². The van der Waals surface area contributed by atoms with E-state index >= 15 is 0 Å². The summed E-state index contributed by atoms with van der Waals surface area (Å²) in [4.78, 5) is 40.4. The summed E-state index contributed by atoms with van der Waals surface area (Å²) in [5.74, 6) is 0.00402. The number of nitrogens with one attached hydrogen (secondary N) is 2. The third kappa shape index (κ3) is 9.09. The second kappa shape index (κ2) is 12.4. The standard InChI is InChI=1S/C20H31N5O4/c1-13(2)11-17(25-18(27)14-6-8-16(29-3)9-7-14)19(28)24-15(12-26)5-4-10-23-20(21)22/h6-9,12-13,15,17H,4-5,10-11H2,1-3H3,(H,24,28)(H,25,27)(H4,21,22,23)/t15-,17-/m0/s1. The number of hydrogen-bond acceptors (Lipinski definition) is 5. The number of nitrogens with two attached hydrogens (primary N) is 2. The third-order valence-corrected chi connectivity index (χ3v) is 4.14. The SMILES string of the molecule is COc1ccc(C(=O)N[C@@H](CC(C)C)C(=O)N[C@H](C=O)CCCN=C(N)N)cc1. The molecule has 0 bridgehead atoms. The van der Waals surface area contributed by atoms with Crippen molar-refractivity contribution in [2.45, 2.75) is 45.2 Å². The fourth-order valence-electron chi connectivity index (χ4n) is 2.66. The Bertz CT molecular complexity index is 699. The molecule has 0 saturated carbocycles. The van der Waals surface area contributed by atoms with Crippen molar-refractivity contribution in [1.82, 2.24) is 10.6 Å². The smallest absolute Gasteiger partial charge is 0.251 e. The third-order valence-electron chi connectivity index (χ3n) is 4.14. The van der Waals surface area contributed by atoms with Gasteiger partial charge in [0.05, 0.1) is 13.2 Å². The first-order chi connectivity index (χ1) is 13.8. The van der Waals surface area contributed by atoms with Crippen molar-refractivity contribution in [3.05, 3.63) is 29.8 Å².